The molecule has 1 amide bonds. The van der Waals surface area contributed by atoms with Crippen LogP contribution in [0.15, 0.2) is 200 Å². The second-order valence-corrected chi connectivity index (χ2v) is 34.2. The molecule has 0 aliphatic carbocycles. The van der Waals surface area contributed by atoms with E-state index in [1.165, 1.54) is 80.1 Å². The number of amides is 1. The Morgan fingerprint density at radius 3 is 0.896 bits per heavy atom. The minimum atomic E-state index is -3.23. The summed E-state index contributed by atoms with van der Waals surface area (Å²) in [6.45, 7) is 21.1. The fourth-order valence-electron chi connectivity index (χ4n) is 10.7. The van der Waals surface area contributed by atoms with E-state index in [-0.39, 0.29) is 80.6 Å². The number of aldehydes is 2. The Balaban J connectivity index is 0.00000155. The molecule has 0 aromatic heterocycles. The lowest BCUT2D eigenvalue weighted by Gasteiger charge is -2.25. The molecule has 0 bridgehead atoms. The Kier molecular flexibility index (Phi) is 62.7. The van der Waals surface area contributed by atoms with Crippen molar-refractivity contribution < 1.29 is 140 Å². The predicted octanol–water partition coefficient (Wildman–Crippen LogP) is 14.0. The molecule has 9 N–H and O–H groups in total. The highest BCUT2D eigenvalue weighted by atomic mass is 31.2. The van der Waals surface area contributed by atoms with Gasteiger partial charge >= 0.3 is 67.3 Å². The summed E-state index contributed by atoms with van der Waals surface area (Å²) in [7, 11) is 5.75. The number of methoxy groups -OCH3 is 5. The molecule has 0 spiro atoms. The van der Waals surface area contributed by atoms with E-state index in [0.717, 1.165) is 105 Å². The van der Waals surface area contributed by atoms with Crippen LogP contribution in [-0.4, -0.2) is 208 Å². The Bertz CT molecular complexity index is 4790. The van der Waals surface area contributed by atoms with Crippen LogP contribution >= 0.6 is 7.60 Å². The molecule has 7 aromatic carbocycles. The zero-order valence-electron chi connectivity index (χ0n) is 79.8. The highest BCUT2D eigenvalue weighted by molar-refractivity contribution is 7.54. The molecule has 0 aliphatic heterocycles. The molecule has 0 fully saturated rings. The lowest BCUT2D eigenvalue weighted by molar-refractivity contribution is -0.159. The van der Waals surface area contributed by atoms with Crippen LogP contribution in [0.25, 0.3) is 30.4 Å². The van der Waals surface area contributed by atoms with Crippen LogP contribution in [-0.2, 0) is 156 Å². The molecule has 734 valence electrons. The normalized spacial score (nSPS) is 11.3. The van der Waals surface area contributed by atoms with E-state index < -0.39 is 54.6 Å². The van der Waals surface area contributed by atoms with E-state index in [0.29, 0.717) is 48.9 Å². The first-order valence-corrected chi connectivity index (χ1v) is 44.3. The largest absolute Gasteiger partial charge is 0.481 e. The average molecular weight is 1900 g/mol. The topological polar surface area (TPSA) is 480 Å². The zero-order chi connectivity index (χ0) is 102. The summed E-state index contributed by atoms with van der Waals surface area (Å²) in [5, 5.41) is 58.0. The van der Waals surface area contributed by atoms with Crippen LogP contribution in [0.2, 0.25) is 0 Å². The van der Waals surface area contributed by atoms with Crippen molar-refractivity contribution in [2.24, 2.45) is 11.8 Å². The van der Waals surface area contributed by atoms with Crippen molar-refractivity contribution in [2.45, 2.75) is 157 Å². The number of carboxylic acids is 3. The zero-order valence-corrected chi connectivity index (χ0v) is 80.7. The van der Waals surface area contributed by atoms with Gasteiger partial charge in [-0.2, -0.15) is 0 Å². The molecule has 7 aromatic rings. The summed E-state index contributed by atoms with van der Waals surface area (Å²) in [5.74, 6) is -4.92. The van der Waals surface area contributed by atoms with Crippen molar-refractivity contribution in [2.75, 3.05) is 75.6 Å². The molecule has 32 nitrogen and oxygen atoms in total. The maximum Gasteiger partial charge on any atom is 0.341 e. The van der Waals surface area contributed by atoms with E-state index in [1.807, 2.05) is 139 Å². The molecule has 0 radical (unpaired) electrons. The van der Waals surface area contributed by atoms with Gasteiger partial charge in [0.2, 0.25) is 0 Å². The van der Waals surface area contributed by atoms with Gasteiger partial charge in [-0.15, -0.1) is 0 Å². The van der Waals surface area contributed by atoms with Crippen LogP contribution in [0, 0.1) is 11.8 Å². The Labute approximate surface area is 790 Å². The molecule has 0 heterocycles. The van der Waals surface area contributed by atoms with Gasteiger partial charge in [0.25, 0.3) is 5.91 Å². The molecule has 0 saturated heterocycles. The van der Waals surface area contributed by atoms with E-state index in [1.54, 1.807) is 109 Å². The lowest BCUT2D eigenvalue weighted by atomic mass is 10.0. The number of hydroxylamine groups is 1. The van der Waals surface area contributed by atoms with Crippen molar-refractivity contribution >= 4 is 116 Å². The Hall–Kier alpha value is -13.3. The van der Waals surface area contributed by atoms with E-state index in [2.05, 4.69) is 71.1 Å². The first-order valence-electron chi connectivity index (χ1n) is 42.6. The summed E-state index contributed by atoms with van der Waals surface area (Å²) >= 11 is 0. The minimum Gasteiger partial charge on any atom is -0.481 e. The number of aliphatic hydroxyl groups is 2. The number of carbonyl (C=O) groups excluding carboxylic acids is 10. The average Bonchev–Trinajstić information content (AvgIpc) is 0.864. The molecule has 2 atom stereocenters. The third-order valence-electron chi connectivity index (χ3n) is 17.5. The van der Waals surface area contributed by atoms with Crippen LogP contribution < -0.4 is 16.1 Å². The third kappa shape index (κ3) is 62.7. The Morgan fingerprint density at radius 2 is 0.652 bits per heavy atom. The summed E-state index contributed by atoms with van der Waals surface area (Å²) in [5.41, 5.74) is 12.9. The maximum atomic E-state index is 12.4. The van der Waals surface area contributed by atoms with Gasteiger partial charge in [-0.25, -0.2) is 24.7 Å². The van der Waals surface area contributed by atoms with E-state index in [9.17, 15) is 66.9 Å². The molecule has 0 aliphatic rings. The summed E-state index contributed by atoms with van der Waals surface area (Å²) in [6.07, 6.45) is 20.4. The second kappa shape index (κ2) is 69.5. The predicted molar refractivity (Wildman–Crippen MR) is 514 cm³/mol. The molecule has 33 heteroatoms. The first-order chi connectivity index (χ1) is 63.8. The summed E-state index contributed by atoms with van der Waals surface area (Å²) in [4.78, 5) is 141. The van der Waals surface area contributed by atoms with Crippen LogP contribution in [0.5, 0.6) is 0 Å². The van der Waals surface area contributed by atoms with Crippen molar-refractivity contribution in [1.29, 1.82) is 0 Å². The van der Waals surface area contributed by atoms with Gasteiger partial charge in [0.05, 0.1) is 61.4 Å². The van der Waals surface area contributed by atoms with Gasteiger partial charge in [-0.3, -0.25) is 48.1 Å². The number of aliphatic hydroxyl groups excluding tert-OH is 2. The number of benzene rings is 7. The monoisotopic (exact) mass is 1890 g/mol. The number of aliphatic carboxylic acids is 3. The van der Waals surface area contributed by atoms with Gasteiger partial charge in [0, 0.05) is 63.2 Å². The van der Waals surface area contributed by atoms with Gasteiger partial charge in [-0.05, 0) is 201 Å². The number of carboxylic acid groups (broad SMARTS) is 3. The number of nitrogens with one attached hydrogen (secondary N) is 3. The number of rotatable bonds is 40. The van der Waals surface area contributed by atoms with Gasteiger partial charge < -0.3 is 83.2 Å². The number of esters is 7. The van der Waals surface area contributed by atoms with Gasteiger partial charge in [-0.1, -0.05) is 198 Å². The molecule has 0 saturated carbocycles. The van der Waals surface area contributed by atoms with Crippen molar-refractivity contribution in [3.8, 4) is 0 Å². The van der Waals surface area contributed by atoms with Gasteiger partial charge in [0.15, 0.2) is 0 Å². The fraction of sp³-hybridized carbons (Fsp3) is 0.363. The highest BCUT2D eigenvalue weighted by Gasteiger charge is 2.28. The van der Waals surface area contributed by atoms with Crippen LogP contribution in [0.1, 0.15) is 165 Å². The van der Waals surface area contributed by atoms with E-state index >= 15 is 0 Å². The number of hydrogen-bond acceptors (Lipinski definition) is 28. The van der Waals surface area contributed by atoms with Crippen molar-refractivity contribution in [1.82, 2.24) is 16.1 Å². The number of hydrogen-bond donors (Lipinski definition) is 9. The maximum absolute atomic E-state index is 12.4. The standard InChI is InChI=1S/C22H33NO4.C21H32N2O4.C12H12O4.C12H14O3.C12H12O3.C9H10O3.C9H8O3.C5H11O5P/c1-16(2)15-19(21(25)27-22(3,4)5)23-14-13-18-9-7-17(8-10-18)11-12-20(24)26-6;1-15(2)14-18(20(25)27-21(3,4)5)22-13-12-17-8-6-16(7-9-17)10-11-19(24)23-26;1-16-12(15)7-6-9-2-4-10(5-3-9)8-11(13)14;2*1-15-12(14)7-6-10-2-4-11(5-3-10)8-9-13;2*10-6-8-3-1-7(2-4-8)5-9(11)12;1-8-5(6)4-11(7,9-2)10-3/h7-12,16,19,23H,13-15H2,1-6H3;6-11,15,18,22,26H,12-14H2,1-5H3,(H,23,24);2-7H,8H2,1H3,(H,13,14);2-7,13H,8-9H2,1H3;2-7,9H,8H2,1H3;1-4,10H,5-6H2,(H,11,12);1-4,6H,5H2,(H,11,12);4H2,1-3H3/b12-11+;11-10+;3*7-6+;;;/t19-;18-;;;;;;/m00....../s1. The Morgan fingerprint density at radius 1 is 0.378 bits per heavy atom. The van der Waals surface area contributed by atoms with E-state index in [4.69, 9.17) is 40.2 Å². The molecule has 7 rings (SSSR count). The van der Waals surface area contributed by atoms with Crippen molar-refractivity contribution in [3.63, 3.8) is 0 Å². The third-order valence-corrected chi connectivity index (χ3v) is 19.3. The molecule has 0 unspecified atom stereocenters. The summed E-state index contributed by atoms with van der Waals surface area (Å²) < 4.78 is 53.4. The number of carbonyl (C=O) groups is 13. The van der Waals surface area contributed by atoms with Crippen molar-refractivity contribution in [3.05, 3.63) is 278 Å². The highest BCUT2D eigenvalue weighted by Crippen LogP contribution is 2.46. The quantitative estimate of drug-likeness (QED) is 0.00328. The molecular formula is C102H132N3O29P. The van der Waals surface area contributed by atoms with Gasteiger partial charge in [0.1, 0.15) is 42.0 Å². The second-order valence-electron chi connectivity index (χ2n) is 31.9. The first kappa shape index (κ1) is 122. The lowest BCUT2D eigenvalue weighted by Crippen LogP contribution is -2.42. The SMILES string of the molecule is CC(C)C[C@H](NCCc1ccc(/C=C/C(=O)NO)cc1)C(=O)OC(C)(C)C.COC(=O)/C=C/c1ccc(CC(=O)O)cc1.COC(=O)/C=C/c1ccc(CC=O)cc1.COC(=O)/C=C/c1ccc(CCN[C@@H](CC(C)C)C(=O)OC(C)(C)C)cc1.COC(=O)/C=C/c1ccc(CCO)cc1.COC(=O)CP(=O)(OC)OC.O=C(O)Cc1ccc(CO)cc1.O=Cc1ccc(CC(=O)O)cc1. The smallest absolute Gasteiger partial charge is 0.341 e. The minimum absolute atomic E-state index is 0.000856. The number of ether oxygens (including phenoxy) is 7. The fourth-order valence-corrected chi connectivity index (χ4v) is 11.5. The van der Waals surface area contributed by atoms with Crippen LogP contribution in [0.3, 0.4) is 0 Å². The van der Waals surface area contributed by atoms with Crippen LogP contribution in [0.4, 0.5) is 0 Å². The molecule has 135 heavy (non-hydrogen) atoms. The summed E-state index contributed by atoms with van der Waals surface area (Å²) in [6, 6.07) is 50.4. The molecular weight excluding hydrogens is 1760 g/mol.